The molecule has 0 saturated heterocycles. The van der Waals surface area contributed by atoms with Gasteiger partial charge >= 0.3 is 0 Å². The number of nitro groups is 1. The highest BCUT2D eigenvalue weighted by Crippen LogP contribution is 2.29. The Kier molecular flexibility index (Phi) is 4.52. The normalized spacial score (nSPS) is 12.2. The number of benzene rings is 2. The van der Waals surface area contributed by atoms with Crippen LogP contribution in [0, 0.1) is 21.8 Å². The summed E-state index contributed by atoms with van der Waals surface area (Å²) in [6.07, 6.45) is 0. The first-order chi connectivity index (χ1) is 9.99. The van der Waals surface area contributed by atoms with Gasteiger partial charge in [0.25, 0.3) is 5.69 Å². The smallest absolute Gasteiger partial charge is 0.271 e. The van der Waals surface area contributed by atoms with Gasteiger partial charge in [0.1, 0.15) is 5.82 Å². The van der Waals surface area contributed by atoms with Crippen LogP contribution >= 0.6 is 0 Å². The third-order valence-corrected chi connectivity index (χ3v) is 3.30. The average molecular weight is 288 g/mol. The van der Waals surface area contributed by atoms with Crippen molar-refractivity contribution >= 4 is 11.4 Å². The number of nitrogens with one attached hydrogen (secondary N) is 1. The minimum atomic E-state index is -0.530. The van der Waals surface area contributed by atoms with Crippen LogP contribution in [0.4, 0.5) is 15.8 Å². The lowest BCUT2D eigenvalue weighted by atomic mass is 9.95. The molecule has 5 heteroatoms. The van der Waals surface area contributed by atoms with E-state index in [1.807, 2.05) is 44.2 Å². The molecule has 0 amide bonds. The van der Waals surface area contributed by atoms with Crippen molar-refractivity contribution < 1.29 is 9.31 Å². The molecule has 0 aliphatic heterocycles. The van der Waals surface area contributed by atoms with Crippen molar-refractivity contribution in [2.24, 2.45) is 5.92 Å². The van der Waals surface area contributed by atoms with E-state index in [0.717, 1.165) is 17.7 Å². The van der Waals surface area contributed by atoms with Gasteiger partial charge < -0.3 is 5.32 Å². The SMILES string of the molecule is CC(C)C(Nc1cc([N+](=O)[O-])ccc1F)c1ccccc1. The molecule has 0 fully saturated rings. The van der Waals surface area contributed by atoms with Crippen molar-refractivity contribution in [2.75, 3.05) is 5.32 Å². The van der Waals surface area contributed by atoms with E-state index in [1.165, 1.54) is 6.07 Å². The van der Waals surface area contributed by atoms with Crippen molar-refractivity contribution in [1.82, 2.24) is 0 Å². The molecule has 1 N–H and O–H groups in total. The first-order valence-corrected chi connectivity index (χ1v) is 6.74. The Labute approximate surface area is 122 Å². The predicted octanol–water partition coefficient (Wildman–Crippen LogP) is 4.54. The highest BCUT2D eigenvalue weighted by Gasteiger charge is 2.18. The molecule has 0 bridgehead atoms. The van der Waals surface area contributed by atoms with Crippen LogP contribution in [0.5, 0.6) is 0 Å². The molecule has 0 radical (unpaired) electrons. The molecule has 0 aromatic heterocycles. The lowest BCUT2D eigenvalue weighted by Crippen LogP contribution is -2.17. The van der Waals surface area contributed by atoms with Crippen molar-refractivity contribution in [3.63, 3.8) is 0 Å². The molecule has 1 atom stereocenters. The maximum Gasteiger partial charge on any atom is 0.271 e. The Balaban J connectivity index is 2.33. The van der Waals surface area contributed by atoms with E-state index < -0.39 is 10.7 Å². The van der Waals surface area contributed by atoms with Gasteiger partial charge in [-0.15, -0.1) is 0 Å². The third-order valence-electron chi connectivity index (χ3n) is 3.30. The fraction of sp³-hybridized carbons (Fsp3) is 0.250. The number of hydrogen-bond acceptors (Lipinski definition) is 3. The highest BCUT2D eigenvalue weighted by atomic mass is 19.1. The number of hydrogen-bond donors (Lipinski definition) is 1. The molecule has 0 heterocycles. The monoisotopic (exact) mass is 288 g/mol. The van der Waals surface area contributed by atoms with Gasteiger partial charge in [0.15, 0.2) is 0 Å². The largest absolute Gasteiger partial charge is 0.375 e. The zero-order chi connectivity index (χ0) is 15.4. The average Bonchev–Trinajstić information content (AvgIpc) is 2.46. The van der Waals surface area contributed by atoms with Crippen molar-refractivity contribution in [3.8, 4) is 0 Å². The van der Waals surface area contributed by atoms with Crippen molar-refractivity contribution in [2.45, 2.75) is 19.9 Å². The second kappa shape index (κ2) is 6.35. The first-order valence-electron chi connectivity index (χ1n) is 6.74. The number of halogens is 1. The summed E-state index contributed by atoms with van der Waals surface area (Å²) in [7, 11) is 0. The Bertz CT molecular complexity index is 629. The fourth-order valence-electron chi connectivity index (χ4n) is 2.20. The van der Waals surface area contributed by atoms with E-state index in [4.69, 9.17) is 0 Å². The van der Waals surface area contributed by atoms with E-state index in [1.54, 1.807) is 0 Å². The molecule has 1 unspecified atom stereocenters. The maximum atomic E-state index is 13.9. The summed E-state index contributed by atoms with van der Waals surface area (Å²) in [6.45, 7) is 4.03. The lowest BCUT2D eigenvalue weighted by molar-refractivity contribution is -0.384. The van der Waals surface area contributed by atoms with E-state index in [2.05, 4.69) is 5.32 Å². The van der Waals surface area contributed by atoms with E-state index >= 15 is 0 Å². The number of nitro benzene ring substituents is 1. The zero-order valence-corrected chi connectivity index (χ0v) is 11.9. The summed E-state index contributed by atoms with van der Waals surface area (Å²) < 4.78 is 13.9. The maximum absolute atomic E-state index is 13.9. The molecule has 0 aliphatic rings. The Hall–Kier alpha value is -2.43. The van der Waals surface area contributed by atoms with Gasteiger partial charge in [-0.25, -0.2) is 4.39 Å². The molecule has 0 saturated carbocycles. The quantitative estimate of drug-likeness (QED) is 0.649. The van der Waals surface area contributed by atoms with Gasteiger partial charge in [0.2, 0.25) is 0 Å². The Morgan fingerprint density at radius 3 is 2.38 bits per heavy atom. The molecule has 21 heavy (non-hydrogen) atoms. The Morgan fingerprint density at radius 1 is 1.14 bits per heavy atom. The summed E-state index contributed by atoms with van der Waals surface area (Å²) in [5.41, 5.74) is 1.03. The first kappa shape index (κ1) is 15.0. The number of nitrogens with zero attached hydrogens (tertiary/aromatic N) is 1. The van der Waals surface area contributed by atoms with Crippen molar-refractivity contribution in [1.29, 1.82) is 0 Å². The second-order valence-corrected chi connectivity index (χ2v) is 5.20. The van der Waals surface area contributed by atoms with Crippen LogP contribution in [0.1, 0.15) is 25.5 Å². The van der Waals surface area contributed by atoms with Gasteiger partial charge in [0.05, 0.1) is 16.7 Å². The van der Waals surface area contributed by atoms with Crippen LogP contribution in [0.15, 0.2) is 48.5 Å². The lowest BCUT2D eigenvalue weighted by Gasteiger charge is -2.24. The third kappa shape index (κ3) is 3.56. The highest BCUT2D eigenvalue weighted by molar-refractivity contribution is 5.53. The second-order valence-electron chi connectivity index (χ2n) is 5.20. The number of rotatable bonds is 5. The van der Waals surface area contributed by atoms with Gasteiger partial charge in [-0.1, -0.05) is 44.2 Å². The molecule has 0 aliphatic carbocycles. The van der Waals surface area contributed by atoms with Crippen LogP contribution in [0.2, 0.25) is 0 Å². The van der Waals surface area contributed by atoms with Crippen LogP contribution < -0.4 is 5.32 Å². The van der Waals surface area contributed by atoms with Crippen LogP contribution in [-0.4, -0.2) is 4.92 Å². The standard InChI is InChI=1S/C16H17FN2O2/c1-11(2)16(12-6-4-3-5-7-12)18-15-10-13(19(20)21)8-9-14(15)17/h3-11,16,18H,1-2H3. The summed E-state index contributed by atoms with van der Waals surface area (Å²) >= 11 is 0. The summed E-state index contributed by atoms with van der Waals surface area (Å²) in [4.78, 5) is 10.3. The van der Waals surface area contributed by atoms with Gasteiger partial charge in [-0.05, 0) is 17.5 Å². The fourth-order valence-corrected chi connectivity index (χ4v) is 2.20. The van der Waals surface area contributed by atoms with E-state index in [0.29, 0.717) is 0 Å². The van der Waals surface area contributed by atoms with Crippen LogP contribution in [-0.2, 0) is 0 Å². The summed E-state index contributed by atoms with van der Waals surface area (Å²) in [6, 6.07) is 13.0. The molecule has 110 valence electrons. The predicted molar refractivity (Wildman–Crippen MR) is 80.7 cm³/mol. The van der Waals surface area contributed by atoms with Crippen LogP contribution in [0.25, 0.3) is 0 Å². The molecule has 0 spiro atoms. The summed E-state index contributed by atoms with van der Waals surface area (Å²) in [5, 5.41) is 13.9. The topological polar surface area (TPSA) is 55.2 Å². The van der Waals surface area contributed by atoms with E-state index in [9.17, 15) is 14.5 Å². The molecule has 2 aromatic rings. The molecular formula is C16H17FN2O2. The minimum Gasteiger partial charge on any atom is -0.375 e. The molecule has 2 rings (SSSR count). The Morgan fingerprint density at radius 2 is 1.81 bits per heavy atom. The van der Waals surface area contributed by atoms with Gasteiger partial charge in [-0.2, -0.15) is 0 Å². The van der Waals surface area contributed by atoms with Crippen molar-refractivity contribution in [3.05, 3.63) is 70.0 Å². The number of anilines is 1. The molecule has 2 aromatic carbocycles. The van der Waals surface area contributed by atoms with Crippen LogP contribution in [0.3, 0.4) is 0 Å². The molecular weight excluding hydrogens is 271 g/mol. The zero-order valence-electron chi connectivity index (χ0n) is 11.9. The van der Waals surface area contributed by atoms with Gasteiger partial charge in [-0.3, -0.25) is 10.1 Å². The van der Waals surface area contributed by atoms with E-state index in [-0.39, 0.29) is 23.3 Å². The number of non-ortho nitro benzene ring substituents is 1. The minimum absolute atomic E-state index is 0.122. The summed E-state index contributed by atoms with van der Waals surface area (Å²) in [5.74, 6) is -0.298. The molecule has 4 nitrogen and oxygen atoms in total. The van der Waals surface area contributed by atoms with Gasteiger partial charge in [0, 0.05) is 12.1 Å².